The molecule has 0 unspecified atom stereocenters. The Bertz CT molecular complexity index is 787. The van der Waals surface area contributed by atoms with Crippen LogP contribution in [0.1, 0.15) is 18.6 Å². The van der Waals surface area contributed by atoms with E-state index in [0.717, 1.165) is 17.7 Å². The van der Waals surface area contributed by atoms with Crippen LogP contribution in [-0.2, 0) is 13.0 Å². The maximum Gasteiger partial charge on any atom is 0.214 e. The van der Waals surface area contributed by atoms with Crippen LogP contribution in [-0.4, -0.2) is 14.5 Å². The normalized spacial score (nSPS) is 11.3. The number of fused-ring (bicyclic) bond motifs is 1. The molecule has 0 saturated heterocycles. The third-order valence-corrected chi connectivity index (χ3v) is 3.30. The molecule has 0 radical (unpaired) electrons. The van der Waals surface area contributed by atoms with Gasteiger partial charge in [0.15, 0.2) is 4.77 Å². The van der Waals surface area contributed by atoms with Crippen molar-refractivity contribution in [1.82, 2.24) is 14.5 Å². The lowest BCUT2D eigenvalue weighted by Gasteiger charge is -2.01. The number of hydrogen-bond acceptors (Lipinski definition) is 3. The first kappa shape index (κ1) is 12.1. The Morgan fingerprint density at radius 1 is 1.47 bits per heavy atom. The lowest BCUT2D eigenvalue weighted by atomic mass is 10.3. The van der Waals surface area contributed by atoms with Crippen molar-refractivity contribution in [3.63, 3.8) is 0 Å². The number of halogens is 1. The minimum absolute atomic E-state index is 0.295. The van der Waals surface area contributed by atoms with Crippen LogP contribution in [0.3, 0.4) is 0 Å². The first-order valence-electron chi connectivity index (χ1n) is 5.99. The second kappa shape index (κ2) is 4.62. The summed E-state index contributed by atoms with van der Waals surface area (Å²) in [5.74, 6) is 1.10. The maximum absolute atomic E-state index is 13.3. The second-order valence-electron chi connectivity index (χ2n) is 4.25. The van der Waals surface area contributed by atoms with Gasteiger partial charge >= 0.3 is 0 Å². The molecule has 2 aromatic heterocycles. The lowest BCUT2D eigenvalue weighted by molar-refractivity contribution is 0.447. The second-order valence-corrected chi connectivity index (χ2v) is 4.64. The van der Waals surface area contributed by atoms with Gasteiger partial charge in [0, 0.05) is 6.42 Å². The number of aromatic amines is 1. The number of aromatic nitrogens is 3. The third-order valence-electron chi connectivity index (χ3n) is 2.98. The Balaban J connectivity index is 2.06. The van der Waals surface area contributed by atoms with E-state index in [1.54, 1.807) is 16.8 Å². The van der Waals surface area contributed by atoms with Crippen molar-refractivity contribution >= 4 is 23.3 Å². The van der Waals surface area contributed by atoms with Gasteiger partial charge in [0.2, 0.25) is 5.89 Å². The molecule has 98 valence electrons. The summed E-state index contributed by atoms with van der Waals surface area (Å²) in [5.41, 5.74) is 1.51. The smallest absolute Gasteiger partial charge is 0.214 e. The number of hydrogen-bond donors (Lipinski definition) is 1. The molecule has 0 spiro atoms. The highest BCUT2D eigenvalue weighted by atomic mass is 32.1. The molecule has 1 aromatic carbocycles. The number of aryl methyl sites for hydroxylation is 1. The molecule has 1 N–H and O–H groups in total. The van der Waals surface area contributed by atoms with Crippen molar-refractivity contribution < 1.29 is 8.81 Å². The number of nitrogens with one attached hydrogen (secondary N) is 1. The SMILES string of the molecule is CCc1cnc(Cn2c(=S)[nH]c3ccc(F)cc32)o1. The first-order valence-corrected chi connectivity index (χ1v) is 6.40. The summed E-state index contributed by atoms with van der Waals surface area (Å²) >= 11 is 5.25. The van der Waals surface area contributed by atoms with Crippen LogP contribution in [0, 0.1) is 10.6 Å². The van der Waals surface area contributed by atoms with E-state index in [0.29, 0.717) is 22.7 Å². The van der Waals surface area contributed by atoms with E-state index in [1.807, 2.05) is 6.92 Å². The molecule has 0 aliphatic heterocycles. The summed E-state index contributed by atoms with van der Waals surface area (Å²) in [4.78, 5) is 7.23. The standard InChI is InChI=1S/C13H12FN3OS/c1-2-9-6-15-12(18-9)7-17-11-5-8(14)3-4-10(11)16-13(17)19/h3-6H,2,7H2,1H3,(H,16,19). The van der Waals surface area contributed by atoms with Gasteiger partial charge < -0.3 is 14.0 Å². The van der Waals surface area contributed by atoms with Crippen molar-refractivity contribution in [2.45, 2.75) is 19.9 Å². The Kier molecular flexibility index (Phi) is 2.94. The van der Waals surface area contributed by atoms with Crippen LogP contribution in [0.4, 0.5) is 4.39 Å². The summed E-state index contributed by atoms with van der Waals surface area (Å²) in [6.07, 6.45) is 2.50. The van der Waals surface area contributed by atoms with Gasteiger partial charge in [-0.1, -0.05) is 6.92 Å². The number of benzene rings is 1. The predicted octanol–water partition coefficient (Wildman–Crippen LogP) is 3.44. The van der Waals surface area contributed by atoms with Crippen molar-refractivity contribution in [1.29, 1.82) is 0 Å². The monoisotopic (exact) mass is 277 g/mol. The van der Waals surface area contributed by atoms with E-state index in [2.05, 4.69) is 9.97 Å². The molecule has 0 aliphatic rings. The first-order chi connectivity index (χ1) is 9.17. The molecule has 3 rings (SSSR count). The number of nitrogens with zero attached hydrogens (tertiary/aromatic N) is 2. The van der Waals surface area contributed by atoms with Crippen molar-refractivity contribution in [3.05, 3.63) is 46.6 Å². The Hall–Kier alpha value is -1.95. The third kappa shape index (κ3) is 2.19. The quantitative estimate of drug-likeness (QED) is 0.746. The van der Waals surface area contributed by atoms with Crippen LogP contribution in [0.15, 0.2) is 28.8 Å². The van der Waals surface area contributed by atoms with Gasteiger partial charge in [0.1, 0.15) is 18.1 Å². The van der Waals surface area contributed by atoms with Gasteiger partial charge in [-0.2, -0.15) is 0 Å². The van der Waals surface area contributed by atoms with E-state index in [4.69, 9.17) is 16.6 Å². The fourth-order valence-electron chi connectivity index (χ4n) is 2.00. The zero-order valence-corrected chi connectivity index (χ0v) is 11.1. The largest absolute Gasteiger partial charge is 0.444 e. The summed E-state index contributed by atoms with van der Waals surface area (Å²) in [7, 11) is 0. The van der Waals surface area contributed by atoms with Gasteiger partial charge in [-0.25, -0.2) is 9.37 Å². The average molecular weight is 277 g/mol. The number of rotatable bonds is 3. The van der Waals surface area contributed by atoms with E-state index < -0.39 is 0 Å². The van der Waals surface area contributed by atoms with Gasteiger partial charge in [0.05, 0.1) is 17.2 Å². The fraction of sp³-hybridized carbons (Fsp3) is 0.231. The molecule has 0 saturated carbocycles. The van der Waals surface area contributed by atoms with Crippen LogP contribution in [0.2, 0.25) is 0 Å². The summed E-state index contributed by atoms with van der Waals surface area (Å²) in [6.45, 7) is 2.39. The molecule has 4 nitrogen and oxygen atoms in total. The predicted molar refractivity (Wildman–Crippen MR) is 72.1 cm³/mol. The van der Waals surface area contributed by atoms with E-state index in [9.17, 15) is 4.39 Å². The number of oxazole rings is 1. The van der Waals surface area contributed by atoms with Crippen LogP contribution < -0.4 is 0 Å². The molecule has 0 amide bonds. The highest BCUT2D eigenvalue weighted by molar-refractivity contribution is 7.71. The molecule has 3 aromatic rings. The van der Waals surface area contributed by atoms with Crippen molar-refractivity contribution in [3.8, 4) is 0 Å². The maximum atomic E-state index is 13.3. The van der Waals surface area contributed by atoms with Crippen molar-refractivity contribution in [2.75, 3.05) is 0 Å². The van der Waals surface area contributed by atoms with Gasteiger partial charge in [-0.3, -0.25) is 0 Å². The fourth-order valence-corrected chi connectivity index (χ4v) is 2.28. The molecule has 0 aliphatic carbocycles. The van der Waals surface area contributed by atoms with Crippen LogP contribution in [0.25, 0.3) is 11.0 Å². The minimum Gasteiger partial charge on any atom is -0.444 e. The zero-order valence-electron chi connectivity index (χ0n) is 10.3. The van der Waals surface area contributed by atoms with Crippen LogP contribution >= 0.6 is 12.2 Å². The molecule has 0 atom stereocenters. The van der Waals surface area contributed by atoms with Crippen molar-refractivity contribution in [2.24, 2.45) is 0 Å². The van der Waals surface area contributed by atoms with Crippen LogP contribution in [0.5, 0.6) is 0 Å². The zero-order chi connectivity index (χ0) is 13.4. The molecule has 6 heteroatoms. The number of H-pyrrole nitrogens is 1. The van der Waals surface area contributed by atoms with Gasteiger partial charge in [-0.15, -0.1) is 0 Å². The highest BCUT2D eigenvalue weighted by Gasteiger charge is 2.09. The summed E-state index contributed by atoms with van der Waals surface area (Å²) < 4.78 is 21.2. The topological polar surface area (TPSA) is 46.8 Å². The van der Waals surface area contributed by atoms with Gasteiger partial charge in [-0.05, 0) is 30.4 Å². The number of imidazole rings is 1. The Morgan fingerprint density at radius 3 is 3.05 bits per heavy atom. The summed E-state index contributed by atoms with van der Waals surface area (Å²) in [6, 6.07) is 4.52. The molecule has 2 heterocycles. The molecule has 0 fully saturated rings. The van der Waals surface area contributed by atoms with Gasteiger partial charge in [0.25, 0.3) is 0 Å². The Morgan fingerprint density at radius 2 is 2.32 bits per heavy atom. The molecule has 0 bridgehead atoms. The van der Waals surface area contributed by atoms with E-state index in [-0.39, 0.29) is 5.82 Å². The summed E-state index contributed by atoms with van der Waals surface area (Å²) in [5, 5.41) is 0. The van der Waals surface area contributed by atoms with E-state index in [1.165, 1.54) is 12.1 Å². The lowest BCUT2D eigenvalue weighted by Crippen LogP contribution is -2.00. The highest BCUT2D eigenvalue weighted by Crippen LogP contribution is 2.17. The molecule has 19 heavy (non-hydrogen) atoms. The Labute approximate surface area is 113 Å². The molecular formula is C13H12FN3OS. The molecular weight excluding hydrogens is 265 g/mol. The average Bonchev–Trinajstić information content (AvgIpc) is 2.96. The van der Waals surface area contributed by atoms with E-state index >= 15 is 0 Å². The minimum atomic E-state index is -0.295.